The minimum absolute atomic E-state index is 0.0435. The van der Waals surface area contributed by atoms with Gasteiger partial charge in [0.1, 0.15) is 0 Å². The summed E-state index contributed by atoms with van der Waals surface area (Å²) in [6.45, 7) is 2.13. The van der Waals surface area contributed by atoms with E-state index in [9.17, 15) is 18.0 Å². The van der Waals surface area contributed by atoms with Gasteiger partial charge in [-0.05, 0) is 31.0 Å². The van der Waals surface area contributed by atoms with Crippen LogP contribution in [0.5, 0.6) is 0 Å². The number of imidazole rings is 1. The second kappa shape index (κ2) is 6.90. The fourth-order valence-corrected chi connectivity index (χ4v) is 3.93. The molecule has 1 N–H and O–H groups in total. The van der Waals surface area contributed by atoms with Gasteiger partial charge in [-0.3, -0.25) is 4.79 Å². The highest BCUT2D eigenvalue weighted by molar-refractivity contribution is 5.79. The van der Waals surface area contributed by atoms with E-state index in [0.29, 0.717) is 38.3 Å². The maximum atomic E-state index is 12.9. The summed E-state index contributed by atoms with van der Waals surface area (Å²) >= 11 is 0. The molecule has 2 aromatic rings. The highest BCUT2D eigenvalue weighted by Crippen LogP contribution is 2.32. The van der Waals surface area contributed by atoms with Gasteiger partial charge < -0.3 is 14.8 Å². The topological polar surface area (TPSA) is 52.2 Å². The number of hydrogen-bond donors (Lipinski definition) is 1. The Morgan fingerprint density at radius 2 is 1.96 bits per heavy atom. The Morgan fingerprint density at radius 1 is 1.19 bits per heavy atom. The number of aromatic amines is 1. The van der Waals surface area contributed by atoms with Crippen LogP contribution in [-0.2, 0) is 23.8 Å². The summed E-state index contributed by atoms with van der Waals surface area (Å²) in [5, 5.41) is 0. The van der Waals surface area contributed by atoms with Crippen LogP contribution in [0.15, 0.2) is 30.6 Å². The molecule has 1 saturated heterocycles. The van der Waals surface area contributed by atoms with Crippen molar-refractivity contribution in [1.29, 1.82) is 0 Å². The normalized spacial score (nSPS) is 20.5. The lowest BCUT2D eigenvalue weighted by molar-refractivity contribution is -0.137. The largest absolute Gasteiger partial charge is 0.416 e. The van der Waals surface area contributed by atoms with Crippen molar-refractivity contribution in [3.8, 4) is 0 Å². The molecule has 1 aliphatic heterocycles. The van der Waals surface area contributed by atoms with E-state index < -0.39 is 11.7 Å². The van der Waals surface area contributed by atoms with E-state index in [0.717, 1.165) is 30.3 Å². The van der Waals surface area contributed by atoms with Gasteiger partial charge in [-0.25, -0.2) is 4.98 Å². The second-order valence-electron chi connectivity index (χ2n) is 7.13. The van der Waals surface area contributed by atoms with Crippen molar-refractivity contribution in [2.45, 2.75) is 25.4 Å². The first-order chi connectivity index (χ1) is 12.9. The molecule has 1 amide bonds. The van der Waals surface area contributed by atoms with Crippen LogP contribution in [0, 0.1) is 5.92 Å². The summed E-state index contributed by atoms with van der Waals surface area (Å²) in [4.78, 5) is 24.0. The van der Waals surface area contributed by atoms with E-state index >= 15 is 0 Å². The summed E-state index contributed by atoms with van der Waals surface area (Å²) in [6, 6.07) is 5.38. The number of carbonyl (C=O) groups excluding carboxylic acids is 1. The van der Waals surface area contributed by atoms with Gasteiger partial charge >= 0.3 is 6.18 Å². The van der Waals surface area contributed by atoms with Gasteiger partial charge in [0, 0.05) is 49.9 Å². The molecule has 2 aliphatic rings. The van der Waals surface area contributed by atoms with E-state index in [1.54, 1.807) is 12.4 Å². The highest BCUT2D eigenvalue weighted by Gasteiger charge is 2.33. The molecule has 1 atom stereocenters. The Morgan fingerprint density at radius 3 is 2.70 bits per heavy atom. The number of fused-ring (bicyclic) bond motifs is 1. The van der Waals surface area contributed by atoms with Crippen LogP contribution in [-0.4, -0.2) is 47.0 Å². The lowest BCUT2D eigenvalue weighted by Gasteiger charge is -2.38. The molecule has 0 radical (unpaired) electrons. The highest BCUT2D eigenvalue weighted by atomic mass is 19.4. The van der Waals surface area contributed by atoms with Gasteiger partial charge in [-0.1, -0.05) is 6.07 Å². The number of nitrogens with zero attached hydrogens (tertiary/aromatic N) is 3. The minimum Gasteiger partial charge on any atom is -0.368 e. The number of aromatic nitrogens is 2. The monoisotopic (exact) mass is 378 g/mol. The summed E-state index contributed by atoms with van der Waals surface area (Å²) in [6.07, 6.45) is -0.391. The molecule has 2 heterocycles. The van der Waals surface area contributed by atoms with Crippen molar-refractivity contribution in [1.82, 2.24) is 14.9 Å². The predicted molar refractivity (Wildman–Crippen MR) is 94.3 cm³/mol. The first-order valence-electron chi connectivity index (χ1n) is 9.14. The van der Waals surface area contributed by atoms with Crippen molar-refractivity contribution in [2.24, 2.45) is 5.92 Å². The molecule has 144 valence electrons. The van der Waals surface area contributed by atoms with Crippen LogP contribution in [0.1, 0.15) is 23.4 Å². The maximum absolute atomic E-state index is 12.9. The van der Waals surface area contributed by atoms with Crippen LogP contribution in [0.2, 0.25) is 0 Å². The number of carbonyl (C=O) groups is 1. The summed E-state index contributed by atoms with van der Waals surface area (Å²) in [5.74, 6) is 0.0944. The number of alkyl halides is 3. The molecule has 0 saturated carbocycles. The van der Waals surface area contributed by atoms with E-state index in [2.05, 4.69) is 9.97 Å². The standard InChI is InChI=1S/C19H21F3N4O/c20-19(21,22)14-2-1-3-15(11-14)25-6-8-26(9-7-25)18(27)13-4-5-16-17(10-13)24-12-23-16/h1-3,11-13H,4-10H2,(H,23,24). The smallest absolute Gasteiger partial charge is 0.368 e. The number of amides is 1. The Hall–Kier alpha value is -2.51. The molecule has 5 nitrogen and oxygen atoms in total. The fourth-order valence-electron chi connectivity index (χ4n) is 3.93. The van der Waals surface area contributed by atoms with Crippen LogP contribution >= 0.6 is 0 Å². The molecule has 0 bridgehead atoms. The summed E-state index contributed by atoms with van der Waals surface area (Å²) in [7, 11) is 0. The first kappa shape index (κ1) is 17.9. The average molecular weight is 378 g/mol. The number of rotatable bonds is 2. The Labute approximate surface area is 155 Å². The van der Waals surface area contributed by atoms with E-state index in [4.69, 9.17) is 0 Å². The van der Waals surface area contributed by atoms with Crippen molar-refractivity contribution in [2.75, 3.05) is 31.1 Å². The van der Waals surface area contributed by atoms with E-state index in [1.807, 2.05) is 9.80 Å². The van der Waals surface area contributed by atoms with Gasteiger partial charge in [0.2, 0.25) is 5.91 Å². The first-order valence-corrected chi connectivity index (χ1v) is 9.14. The zero-order valence-corrected chi connectivity index (χ0v) is 14.8. The van der Waals surface area contributed by atoms with Gasteiger partial charge in [0.05, 0.1) is 17.6 Å². The number of nitrogens with one attached hydrogen (secondary N) is 1. The fraction of sp³-hybridized carbons (Fsp3) is 0.474. The number of anilines is 1. The molecule has 1 unspecified atom stereocenters. The number of aryl methyl sites for hydroxylation is 1. The van der Waals surface area contributed by atoms with Crippen LogP contribution in [0.3, 0.4) is 0 Å². The van der Waals surface area contributed by atoms with Gasteiger partial charge in [0.15, 0.2) is 0 Å². The van der Waals surface area contributed by atoms with Crippen LogP contribution < -0.4 is 4.90 Å². The molecule has 1 aromatic carbocycles. The summed E-state index contributed by atoms with van der Waals surface area (Å²) in [5.41, 5.74) is 2.00. The van der Waals surface area contributed by atoms with Gasteiger partial charge in [0.25, 0.3) is 0 Å². The van der Waals surface area contributed by atoms with Crippen molar-refractivity contribution in [3.05, 3.63) is 47.5 Å². The van der Waals surface area contributed by atoms with Crippen LogP contribution in [0.25, 0.3) is 0 Å². The van der Waals surface area contributed by atoms with Crippen molar-refractivity contribution >= 4 is 11.6 Å². The lowest BCUT2D eigenvalue weighted by Crippen LogP contribution is -2.51. The number of halogens is 3. The molecule has 1 aliphatic carbocycles. The molecule has 8 heteroatoms. The second-order valence-corrected chi connectivity index (χ2v) is 7.13. The van der Waals surface area contributed by atoms with Gasteiger partial charge in [-0.15, -0.1) is 0 Å². The zero-order chi connectivity index (χ0) is 19.0. The maximum Gasteiger partial charge on any atom is 0.416 e. The number of hydrogen-bond acceptors (Lipinski definition) is 3. The Balaban J connectivity index is 1.37. The third-order valence-corrected chi connectivity index (χ3v) is 5.47. The van der Waals surface area contributed by atoms with Crippen molar-refractivity contribution in [3.63, 3.8) is 0 Å². The van der Waals surface area contributed by atoms with Gasteiger partial charge in [-0.2, -0.15) is 13.2 Å². The molecule has 1 fully saturated rings. The Bertz CT molecular complexity index is 824. The lowest BCUT2D eigenvalue weighted by atomic mass is 9.88. The summed E-state index contributed by atoms with van der Waals surface area (Å²) < 4.78 is 38.7. The molecular weight excluding hydrogens is 357 g/mol. The molecular formula is C19H21F3N4O. The number of benzene rings is 1. The molecule has 27 heavy (non-hydrogen) atoms. The predicted octanol–water partition coefficient (Wildman–Crippen LogP) is 2.88. The zero-order valence-electron chi connectivity index (χ0n) is 14.8. The minimum atomic E-state index is -4.35. The SMILES string of the molecule is O=C(C1CCc2nc[nH]c2C1)N1CCN(c2cccc(C(F)(F)F)c2)CC1. The molecule has 4 rings (SSSR count). The number of piperazine rings is 1. The average Bonchev–Trinajstić information content (AvgIpc) is 3.15. The van der Waals surface area contributed by atoms with E-state index in [-0.39, 0.29) is 11.8 Å². The molecule has 1 aromatic heterocycles. The third kappa shape index (κ3) is 3.65. The quantitative estimate of drug-likeness (QED) is 0.874. The van der Waals surface area contributed by atoms with Crippen LogP contribution in [0.4, 0.5) is 18.9 Å². The molecule has 0 spiro atoms. The number of H-pyrrole nitrogens is 1. The van der Waals surface area contributed by atoms with E-state index in [1.165, 1.54) is 12.1 Å². The van der Waals surface area contributed by atoms with Crippen molar-refractivity contribution < 1.29 is 18.0 Å². The Kier molecular flexibility index (Phi) is 4.57. The third-order valence-electron chi connectivity index (χ3n) is 5.47.